The van der Waals surface area contributed by atoms with E-state index in [1.807, 2.05) is 11.0 Å². The second-order valence-corrected chi connectivity index (χ2v) is 10.8. The molecule has 3 rings (SSSR count). The van der Waals surface area contributed by atoms with E-state index < -0.39 is 6.10 Å². The molecule has 0 aromatic carbocycles. The molecular formula is C28H47NO3. The molecule has 6 atom stereocenters. The van der Waals surface area contributed by atoms with E-state index >= 15 is 0 Å². The molecule has 2 N–H and O–H groups in total. The molecule has 1 aliphatic heterocycles. The van der Waals surface area contributed by atoms with Crippen molar-refractivity contribution in [3.63, 3.8) is 0 Å². The molecule has 0 aromatic heterocycles. The lowest BCUT2D eigenvalue weighted by Gasteiger charge is -2.19. The van der Waals surface area contributed by atoms with Crippen LogP contribution in [0.2, 0.25) is 0 Å². The molecule has 4 nitrogen and oxygen atoms in total. The van der Waals surface area contributed by atoms with E-state index in [4.69, 9.17) is 0 Å². The number of likely N-dealkylation sites (tertiary alicyclic amines) is 1. The number of fused-ring (bicyclic) bond motifs is 1. The molecule has 3 aliphatic rings. The van der Waals surface area contributed by atoms with Gasteiger partial charge in [-0.15, -0.1) is 0 Å². The number of aliphatic hydroxyl groups is 2. The van der Waals surface area contributed by atoms with Crippen molar-refractivity contribution >= 4 is 5.91 Å². The minimum Gasteiger partial charge on any atom is -0.392 e. The highest BCUT2D eigenvalue weighted by atomic mass is 16.3. The summed E-state index contributed by atoms with van der Waals surface area (Å²) in [5.41, 5.74) is 1.55. The lowest BCUT2D eigenvalue weighted by Crippen LogP contribution is -2.27. The molecular weight excluding hydrogens is 398 g/mol. The van der Waals surface area contributed by atoms with E-state index in [0.717, 1.165) is 58.0 Å². The zero-order chi connectivity index (χ0) is 22.9. The summed E-state index contributed by atoms with van der Waals surface area (Å²) in [5, 5.41) is 21.0. The van der Waals surface area contributed by atoms with Crippen LogP contribution in [-0.2, 0) is 4.79 Å². The number of carbonyl (C=O) groups is 1. The molecule has 0 radical (unpaired) electrons. The van der Waals surface area contributed by atoms with Crippen LogP contribution in [0.4, 0.5) is 0 Å². The van der Waals surface area contributed by atoms with Gasteiger partial charge >= 0.3 is 0 Å². The topological polar surface area (TPSA) is 60.8 Å². The third-order valence-electron chi connectivity index (χ3n) is 8.05. The van der Waals surface area contributed by atoms with Gasteiger partial charge in [0.25, 0.3) is 0 Å². The summed E-state index contributed by atoms with van der Waals surface area (Å²) in [6.07, 6.45) is 19.7. The van der Waals surface area contributed by atoms with Crippen LogP contribution < -0.4 is 0 Å². The molecule has 2 fully saturated rings. The first-order chi connectivity index (χ1) is 15.5. The van der Waals surface area contributed by atoms with Crippen LogP contribution in [0.25, 0.3) is 0 Å². The minimum absolute atomic E-state index is 0.174. The van der Waals surface area contributed by atoms with Crippen LogP contribution in [0.3, 0.4) is 0 Å². The lowest BCUT2D eigenvalue weighted by molar-refractivity contribution is -0.130. The molecule has 182 valence electrons. The molecule has 0 aromatic rings. The van der Waals surface area contributed by atoms with Crippen molar-refractivity contribution in [3.05, 3.63) is 23.8 Å². The average molecular weight is 446 g/mol. The summed E-state index contributed by atoms with van der Waals surface area (Å²) in [4.78, 5) is 14.2. The van der Waals surface area contributed by atoms with E-state index in [2.05, 4.69) is 26.0 Å². The fourth-order valence-corrected chi connectivity index (χ4v) is 6.14. The highest BCUT2D eigenvalue weighted by molar-refractivity contribution is 5.76. The highest BCUT2D eigenvalue weighted by Gasteiger charge is 2.43. The van der Waals surface area contributed by atoms with Crippen LogP contribution in [0, 0.1) is 23.7 Å². The van der Waals surface area contributed by atoms with Crippen molar-refractivity contribution in [3.8, 4) is 0 Å². The SMILES string of the molecule is CCCC[C@H](C)C[C@H](O)C=C[C@@H]1[C@H]2CC(CCCCCC(=O)N3CCCC3)=C[C@H]2C[C@H]1O. The van der Waals surface area contributed by atoms with Crippen molar-refractivity contribution in [2.24, 2.45) is 23.7 Å². The van der Waals surface area contributed by atoms with Gasteiger partial charge in [-0.2, -0.15) is 0 Å². The number of hydrogen-bond acceptors (Lipinski definition) is 3. The van der Waals surface area contributed by atoms with Crippen LogP contribution in [0.5, 0.6) is 0 Å². The number of aliphatic hydroxyl groups excluding tert-OH is 2. The maximum Gasteiger partial charge on any atom is 0.222 e. The fourth-order valence-electron chi connectivity index (χ4n) is 6.14. The van der Waals surface area contributed by atoms with Gasteiger partial charge in [-0.1, -0.05) is 63.3 Å². The quantitative estimate of drug-likeness (QED) is 0.285. The molecule has 0 bridgehead atoms. The first-order valence-corrected chi connectivity index (χ1v) is 13.5. The second-order valence-electron chi connectivity index (χ2n) is 10.8. The minimum atomic E-state index is -0.398. The van der Waals surface area contributed by atoms with E-state index in [-0.39, 0.29) is 12.0 Å². The Labute approximate surface area is 196 Å². The Morgan fingerprint density at radius 1 is 1.22 bits per heavy atom. The van der Waals surface area contributed by atoms with Crippen molar-refractivity contribution in [2.45, 2.75) is 110 Å². The number of hydrogen-bond donors (Lipinski definition) is 2. The number of rotatable bonds is 13. The standard InChI is InChI=1S/C28H47NO3/c1-3-4-10-21(2)17-24(30)13-14-25-26-19-22(18-23(26)20-27(25)31)11-6-5-7-12-28(32)29-15-8-9-16-29/h13-14,18,21,23-27,30-31H,3-12,15-17,19-20H2,1-2H3/t21-,23-,24+,25+,26-,27+/m0/s1. The second kappa shape index (κ2) is 12.9. The van der Waals surface area contributed by atoms with Gasteiger partial charge in [-0.05, 0) is 69.1 Å². The summed E-state index contributed by atoms with van der Waals surface area (Å²) < 4.78 is 0. The first kappa shape index (κ1) is 25.5. The monoisotopic (exact) mass is 445 g/mol. The molecule has 0 spiro atoms. The van der Waals surface area contributed by atoms with E-state index in [0.29, 0.717) is 30.1 Å². The highest BCUT2D eigenvalue weighted by Crippen LogP contribution is 2.48. The Morgan fingerprint density at radius 3 is 2.75 bits per heavy atom. The smallest absolute Gasteiger partial charge is 0.222 e. The summed E-state index contributed by atoms with van der Waals surface area (Å²) in [6, 6.07) is 0. The van der Waals surface area contributed by atoms with Crippen LogP contribution in [0.15, 0.2) is 23.8 Å². The Kier molecular flexibility index (Phi) is 10.3. The Hall–Kier alpha value is -1.13. The third kappa shape index (κ3) is 7.45. The molecule has 0 unspecified atom stereocenters. The van der Waals surface area contributed by atoms with Crippen LogP contribution in [-0.4, -0.2) is 46.3 Å². The number of nitrogens with zero attached hydrogens (tertiary/aromatic N) is 1. The largest absolute Gasteiger partial charge is 0.392 e. The molecule has 1 heterocycles. The number of allylic oxidation sites excluding steroid dienone is 2. The predicted molar refractivity (Wildman–Crippen MR) is 131 cm³/mol. The molecule has 4 heteroatoms. The molecule has 1 saturated heterocycles. The van der Waals surface area contributed by atoms with Gasteiger partial charge in [0.1, 0.15) is 0 Å². The zero-order valence-corrected chi connectivity index (χ0v) is 20.6. The maximum atomic E-state index is 12.1. The fraction of sp³-hybridized carbons (Fsp3) is 0.821. The van der Waals surface area contributed by atoms with Gasteiger partial charge < -0.3 is 15.1 Å². The summed E-state index contributed by atoms with van der Waals surface area (Å²) in [7, 11) is 0. The maximum absolute atomic E-state index is 12.1. The first-order valence-electron chi connectivity index (χ1n) is 13.5. The van der Waals surface area contributed by atoms with Crippen molar-refractivity contribution in [2.75, 3.05) is 13.1 Å². The summed E-state index contributed by atoms with van der Waals surface area (Å²) in [6.45, 7) is 6.36. The van der Waals surface area contributed by atoms with Crippen molar-refractivity contribution in [1.29, 1.82) is 0 Å². The van der Waals surface area contributed by atoms with Crippen molar-refractivity contribution in [1.82, 2.24) is 4.90 Å². The third-order valence-corrected chi connectivity index (χ3v) is 8.05. The van der Waals surface area contributed by atoms with Gasteiger partial charge in [0.15, 0.2) is 0 Å². The van der Waals surface area contributed by atoms with E-state index in [1.54, 1.807) is 5.57 Å². The Bertz CT molecular complexity index is 637. The Morgan fingerprint density at radius 2 is 2.00 bits per heavy atom. The lowest BCUT2D eigenvalue weighted by atomic mass is 9.88. The van der Waals surface area contributed by atoms with Gasteiger partial charge in [-0.25, -0.2) is 0 Å². The predicted octanol–water partition coefficient (Wildman–Crippen LogP) is 5.64. The molecule has 1 amide bonds. The molecule has 1 saturated carbocycles. The summed E-state index contributed by atoms with van der Waals surface area (Å²) >= 11 is 0. The molecule has 32 heavy (non-hydrogen) atoms. The van der Waals surface area contributed by atoms with Gasteiger partial charge in [0, 0.05) is 25.4 Å². The number of amides is 1. The van der Waals surface area contributed by atoms with Gasteiger partial charge in [0.2, 0.25) is 5.91 Å². The van der Waals surface area contributed by atoms with Crippen LogP contribution >= 0.6 is 0 Å². The van der Waals surface area contributed by atoms with E-state index in [1.165, 1.54) is 32.1 Å². The van der Waals surface area contributed by atoms with Crippen molar-refractivity contribution < 1.29 is 15.0 Å². The zero-order valence-electron chi connectivity index (χ0n) is 20.6. The number of unbranched alkanes of at least 4 members (excludes halogenated alkanes) is 3. The Balaban J connectivity index is 1.35. The van der Waals surface area contributed by atoms with Crippen LogP contribution in [0.1, 0.15) is 97.3 Å². The molecule has 2 aliphatic carbocycles. The van der Waals surface area contributed by atoms with Gasteiger partial charge in [0.05, 0.1) is 12.2 Å². The number of carbonyl (C=O) groups excluding carboxylic acids is 1. The summed E-state index contributed by atoms with van der Waals surface area (Å²) in [5.74, 6) is 2.06. The average Bonchev–Trinajstić information content (AvgIpc) is 3.47. The van der Waals surface area contributed by atoms with Gasteiger partial charge in [-0.3, -0.25) is 4.79 Å². The van der Waals surface area contributed by atoms with E-state index in [9.17, 15) is 15.0 Å². The normalized spacial score (nSPS) is 29.5.